The van der Waals surface area contributed by atoms with Crippen LogP contribution in [0, 0.1) is 0 Å². The number of aliphatic hydroxyl groups is 1. The van der Waals surface area contributed by atoms with E-state index in [-0.39, 0.29) is 5.71 Å². The van der Waals surface area contributed by atoms with Gasteiger partial charge in [0.15, 0.2) is 9.84 Å². The molecule has 7 heteroatoms. The van der Waals surface area contributed by atoms with Gasteiger partial charge in [0.2, 0.25) is 0 Å². The molecule has 0 saturated heterocycles. The zero-order valence-electron chi connectivity index (χ0n) is 9.24. The van der Waals surface area contributed by atoms with E-state index in [0.29, 0.717) is 11.3 Å². The van der Waals surface area contributed by atoms with Crippen molar-refractivity contribution < 1.29 is 18.7 Å². The van der Waals surface area contributed by atoms with Crippen LogP contribution in [0.15, 0.2) is 29.4 Å². The molecule has 1 aromatic rings. The van der Waals surface area contributed by atoms with Gasteiger partial charge in [0.25, 0.3) is 0 Å². The van der Waals surface area contributed by atoms with E-state index in [4.69, 9.17) is 16.0 Å². The van der Waals surface area contributed by atoms with Gasteiger partial charge >= 0.3 is 0 Å². The van der Waals surface area contributed by atoms with Gasteiger partial charge in [0, 0.05) is 17.5 Å². The number of sulfone groups is 1. The predicted molar refractivity (Wildman–Crippen MR) is 64.9 cm³/mol. The van der Waals surface area contributed by atoms with Crippen LogP contribution in [0.25, 0.3) is 0 Å². The van der Waals surface area contributed by atoms with Crippen molar-refractivity contribution in [3.8, 4) is 0 Å². The molecule has 1 aromatic carbocycles. The Morgan fingerprint density at radius 2 is 1.94 bits per heavy atom. The van der Waals surface area contributed by atoms with Crippen LogP contribution in [0.4, 0.5) is 5.69 Å². The van der Waals surface area contributed by atoms with E-state index in [1.165, 1.54) is 12.1 Å². The average Bonchev–Trinajstić information content (AvgIpc) is 2.25. The molecule has 1 atom stereocenters. The summed E-state index contributed by atoms with van der Waals surface area (Å²) in [6.07, 6.45) is 0.969. The highest BCUT2D eigenvalue weighted by atomic mass is 32.2. The Balaban J connectivity index is 3.20. The monoisotopic (exact) mass is 258 g/mol. The number of hydrogen-bond acceptors (Lipinski definition) is 6. The first-order valence-corrected chi connectivity index (χ1v) is 6.73. The smallest absolute Gasteiger partial charge is 0.158 e. The van der Waals surface area contributed by atoms with Crippen molar-refractivity contribution in [1.29, 1.82) is 0 Å². The molecule has 0 aromatic heterocycles. The standard InChI is InChI=1S/C10H14N2O4S/c1-17(15,16)9(6-13)10(12-14)7-2-4-8(11)5-3-7/h2-5,9,13-14H,6,11H2,1H3/b12-10+. The number of benzene rings is 1. The van der Waals surface area contributed by atoms with Gasteiger partial charge in [-0.05, 0) is 12.1 Å². The number of rotatable bonds is 4. The first kappa shape index (κ1) is 13.5. The average molecular weight is 258 g/mol. The van der Waals surface area contributed by atoms with Crippen LogP contribution < -0.4 is 5.73 Å². The fourth-order valence-corrected chi connectivity index (χ4v) is 2.25. The minimum atomic E-state index is -3.56. The van der Waals surface area contributed by atoms with Crippen molar-refractivity contribution in [2.24, 2.45) is 5.16 Å². The molecule has 0 fully saturated rings. The van der Waals surface area contributed by atoms with E-state index < -0.39 is 21.7 Å². The van der Waals surface area contributed by atoms with Crippen LogP contribution in [-0.4, -0.2) is 42.6 Å². The van der Waals surface area contributed by atoms with Crippen molar-refractivity contribution in [3.63, 3.8) is 0 Å². The Hall–Kier alpha value is -1.60. The molecule has 94 valence electrons. The Labute approximate surface area is 99.3 Å². The van der Waals surface area contributed by atoms with Crippen LogP contribution in [0.1, 0.15) is 5.56 Å². The SMILES string of the molecule is CS(=O)(=O)C(CO)/C(=N/O)c1ccc(N)cc1. The second-order valence-electron chi connectivity index (χ2n) is 3.61. The number of oxime groups is 1. The van der Waals surface area contributed by atoms with Crippen LogP contribution >= 0.6 is 0 Å². The van der Waals surface area contributed by atoms with Gasteiger partial charge in [-0.3, -0.25) is 0 Å². The largest absolute Gasteiger partial charge is 0.411 e. The van der Waals surface area contributed by atoms with Gasteiger partial charge in [-0.25, -0.2) is 8.42 Å². The Kier molecular flexibility index (Phi) is 4.08. The Bertz CT molecular complexity index is 508. The Morgan fingerprint density at radius 3 is 2.29 bits per heavy atom. The molecule has 0 heterocycles. The van der Waals surface area contributed by atoms with Crippen LogP contribution in [-0.2, 0) is 9.84 Å². The molecule has 1 unspecified atom stereocenters. The predicted octanol–water partition coefficient (Wildman–Crippen LogP) is -0.147. The number of nitrogens with two attached hydrogens (primary N) is 1. The van der Waals surface area contributed by atoms with Gasteiger partial charge in [-0.15, -0.1) is 0 Å². The van der Waals surface area contributed by atoms with E-state index in [1.54, 1.807) is 12.1 Å². The molecule has 17 heavy (non-hydrogen) atoms. The molecule has 0 spiro atoms. The summed E-state index contributed by atoms with van der Waals surface area (Å²) in [5.41, 5.74) is 6.29. The maximum Gasteiger partial charge on any atom is 0.158 e. The maximum atomic E-state index is 11.4. The minimum Gasteiger partial charge on any atom is -0.411 e. The number of nitrogen functional groups attached to an aromatic ring is 1. The lowest BCUT2D eigenvalue weighted by molar-refractivity contribution is 0.296. The zero-order chi connectivity index (χ0) is 13.1. The molecule has 0 aliphatic heterocycles. The topological polar surface area (TPSA) is 113 Å². The molecule has 1 rings (SSSR count). The lowest BCUT2D eigenvalue weighted by atomic mass is 10.1. The number of aliphatic hydroxyl groups excluding tert-OH is 1. The maximum absolute atomic E-state index is 11.4. The molecule has 4 N–H and O–H groups in total. The summed E-state index contributed by atoms with van der Waals surface area (Å²) < 4.78 is 22.9. The lowest BCUT2D eigenvalue weighted by Gasteiger charge is -2.14. The van der Waals surface area contributed by atoms with Gasteiger partial charge in [0.1, 0.15) is 11.0 Å². The summed E-state index contributed by atoms with van der Waals surface area (Å²) in [6.45, 7) is -0.650. The number of anilines is 1. The summed E-state index contributed by atoms with van der Waals surface area (Å²) in [5, 5.41) is 19.7. The normalized spacial score (nSPS) is 14.6. The summed E-state index contributed by atoms with van der Waals surface area (Å²) in [7, 11) is -3.56. The summed E-state index contributed by atoms with van der Waals surface area (Å²) in [4.78, 5) is 0. The third-order valence-electron chi connectivity index (χ3n) is 2.30. The molecular weight excluding hydrogens is 244 g/mol. The first-order valence-electron chi connectivity index (χ1n) is 4.77. The highest BCUT2D eigenvalue weighted by Crippen LogP contribution is 2.13. The summed E-state index contributed by atoms with van der Waals surface area (Å²) in [5.74, 6) is 0. The van der Waals surface area contributed by atoms with Crippen LogP contribution in [0.5, 0.6) is 0 Å². The molecule has 0 aliphatic rings. The third kappa shape index (κ3) is 3.18. The van der Waals surface area contributed by atoms with Gasteiger partial charge in [-0.1, -0.05) is 17.3 Å². The quantitative estimate of drug-likeness (QED) is 0.301. The van der Waals surface area contributed by atoms with Gasteiger partial charge in [0.05, 0.1) is 6.61 Å². The Morgan fingerprint density at radius 1 is 1.41 bits per heavy atom. The van der Waals surface area contributed by atoms with Crippen molar-refractivity contribution in [1.82, 2.24) is 0 Å². The van der Waals surface area contributed by atoms with Crippen molar-refractivity contribution in [3.05, 3.63) is 29.8 Å². The first-order chi connectivity index (χ1) is 7.90. The highest BCUT2D eigenvalue weighted by Gasteiger charge is 2.27. The van der Waals surface area contributed by atoms with E-state index >= 15 is 0 Å². The van der Waals surface area contributed by atoms with Crippen molar-refractivity contribution >= 4 is 21.2 Å². The van der Waals surface area contributed by atoms with Gasteiger partial charge < -0.3 is 16.0 Å². The highest BCUT2D eigenvalue weighted by molar-refractivity contribution is 7.92. The van der Waals surface area contributed by atoms with E-state index in [9.17, 15) is 8.42 Å². The van der Waals surface area contributed by atoms with Crippen molar-refractivity contribution in [2.45, 2.75) is 5.25 Å². The van der Waals surface area contributed by atoms with Crippen LogP contribution in [0.2, 0.25) is 0 Å². The summed E-state index contributed by atoms with van der Waals surface area (Å²) in [6, 6.07) is 6.16. The fraction of sp³-hybridized carbons (Fsp3) is 0.300. The molecule has 0 amide bonds. The molecule has 0 saturated carbocycles. The molecule has 6 nitrogen and oxygen atoms in total. The molecule has 0 bridgehead atoms. The third-order valence-corrected chi connectivity index (χ3v) is 3.71. The molecule has 0 aliphatic carbocycles. The van der Waals surface area contributed by atoms with E-state index in [1.807, 2.05) is 0 Å². The zero-order valence-corrected chi connectivity index (χ0v) is 10.1. The van der Waals surface area contributed by atoms with Crippen molar-refractivity contribution in [2.75, 3.05) is 18.6 Å². The lowest BCUT2D eigenvalue weighted by Crippen LogP contribution is -2.33. The summed E-state index contributed by atoms with van der Waals surface area (Å²) >= 11 is 0. The van der Waals surface area contributed by atoms with Crippen LogP contribution in [0.3, 0.4) is 0 Å². The minimum absolute atomic E-state index is 0.102. The fourth-order valence-electron chi connectivity index (χ4n) is 1.39. The second kappa shape index (κ2) is 5.15. The van der Waals surface area contributed by atoms with E-state index in [0.717, 1.165) is 6.26 Å². The molecular formula is C10H14N2O4S. The number of nitrogens with zero attached hydrogens (tertiary/aromatic N) is 1. The molecule has 0 radical (unpaired) electrons. The number of hydrogen-bond donors (Lipinski definition) is 3. The van der Waals surface area contributed by atoms with E-state index in [2.05, 4.69) is 5.16 Å². The van der Waals surface area contributed by atoms with Gasteiger partial charge in [-0.2, -0.15) is 0 Å². The second-order valence-corrected chi connectivity index (χ2v) is 5.84.